The Bertz CT molecular complexity index is 1370. The molecule has 0 bridgehead atoms. The zero-order valence-corrected chi connectivity index (χ0v) is 22.9. The van der Waals surface area contributed by atoms with E-state index in [1.165, 1.54) is 0 Å². The Hall–Kier alpha value is -3.94. The molecule has 0 fully saturated rings. The average molecular weight is 527 g/mol. The number of fused-ring (bicyclic) bond motifs is 1. The number of amides is 1. The normalized spacial score (nSPS) is 12.9. The van der Waals surface area contributed by atoms with Gasteiger partial charge in [-0.25, -0.2) is 5.01 Å². The summed E-state index contributed by atoms with van der Waals surface area (Å²) >= 11 is 0. The second-order valence-corrected chi connectivity index (χ2v) is 9.97. The second-order valence-electron chi connectivity index (χ2n) is 9.97. The largest absolute Gasteiger partial charge is 0.481 e. The molecule has 7 heteroatoms. The van der Waals surface area contributed by atoms with Crippen LogP contribution in [-0.4, -0.2) is 58.1 Å². The smallest absolute Gasteiger partial charge is 0.311 e. The van der Waals surface area contributed by atoms with Gasteiger partial charge in [-0.2, -0.15) is 0 Å². The van der Waals surface area contributed by atoms with Gasteiger partial charge < -0.3 is 15.0 Å². The Morgan fingerprint density at radius 3 is 2.18 bits per heavy atom. The number of carboxylic acids is 1. The van der Waals surface area contributed by atoms with Gasteiger partial charge in [-0.15, -0.1) is 0 Å². The van der Waals surface area contributed by atoms with E-state index < -0.39 is 17.9 Å². The van der Waals surface area contributed by atoms with Crippen molar-refractivity contribution in [1.82, 2.24) is 20.3 Å². The highest BCUT2D eigenvalue weighted by atomic mass is 16.4. The van der Waals surface area contributed by atoms with Crippen LogP contribution in [0, 0.1) is 6.92 Å². The number of nitrogens with zero attached hydrogens (tertiary/aromatic N) is 2. The molecule has 204 valence electrons. The van der Waals surface area contributed by atoms with Crippen LogP contribution in [0.25, 0.3) is 10.9 Å². The number of aryl methyl sites for hydroxylation is 1. The van der Waals surface area contributed by atoms with Crippen molar-refractivity contribution in [2.45, 2.75) is 45.2 Å². The third-order valence-corrected chi connectivity index (χ3v) is 7.25. The minimum atomic E-state index is -0.854. The van der Waals surface area contributed by atoms with Crippen LogP contribution in [0.4, 0.5) is 0 Å². The molecule has 7 nitrogen and oxygen atoms in total. The highest BCUT2D eigenvalue weighted by Crippen LogP contribution is 2.31. The number of carbonyl (C=O) groups excluding carboxylic acids is 1. The van der Waals surface area contributed by atoms with Crippen LogP contribution in [0.1, 0.15) is 41.6 Å². The van der Waals surface area contributed by atoms with Crippen LogP contribution < -0.4 is 5.43 Å². The average Bonchev–Trinajstić information content (AvgIpc) is 3.28. The third-order valence-electron chi connectivity index (χ3n) is 7.25. The first-order chi connectivity index (χ1) is 18.9. The van der Waals surface area contributed by atoms with Gasteiger partial charge in [-0.3, -0.25) is 15.0 Å². The molecule has 0 radical (unpaired) electrons. The number of para-hydroxylation sites is 1. The predicted molar refractivity (Wildman–Crippen MR) is 155 cm³/mol. The van der Waals surface area contributed by atoms with E-state index in [1.807, 2.05) is 111 Å². The fraction of sp³-hybridized carbons (Fsp3) is 0.312. The van der Waals surface area contributed by atoms with Crippen molar-refractivity contribution in [2.75, 3.05) is 20.1 Å². The van der Waals surface area contributed by atoms with Gasteiger partial charge in [0.2, 0.25) is 5.91 Å². The van der Waals surface area contributed by atoms with Gasteiger partial charge in [0.25, 0.3) is 0 Å². The molecule has 1 aromatic heterocycles. The van der Waals surface area contributed by atoms with Crippen molar-refractivity contribution in [2.24, 2.45) is 0 Å². The van der Waals surface area contributed by atoms with Crippen molar-refractivity contribution >= 4 is 22.8 Å². The lowest BCUT2D eigenvalue weighted by Crippen LogP contribution is -2.54. The van der Waals surface area contributed by atoms with Crippen LogP contribution in [0.5, 0.6) is 0 Å². The number of carboxylic acid groups (broad SMARTS) is 1. The molecule has 0 aliphatic heterocycles. The fourth-order valence-corrected chi connectivity index (χ4v) is 5.29. The van der Waals surface area contributed by atoms with Gasteiger partial charge in [0.1, 0.15) is 6.04 Å². The SMILES string of the molecule is CCN(NCC[C@H](C(=O)O)c1c(C)[nH]c2ccccc12)[C@@H](Cc1ccccc1)C(=O)N(C)Cc1ccccc1. The summed E-state index contributed by atoms with van der Waals surface area (Å²) in [5.41, 5.74) is 8.19. The number of aromatic amines is 1. The van der Waals surface area contributed by atoms with Gasteiger partial charge >= 0.3 is 5.97 Å². The molecule has 4 aromatic rings. The molecule has 0 aliphatic carbocycles. The predicted octanol–water partition coefficient (Wildman–Crippen LogP) is 5.13. The van der Waals surface area contributed by atoms with Crippen LogP contribution in [0.2, 0.25) is 0 Å². The van der Waals surface area contributed by atoms with Gasteiger partial charge in [0.15, 0.2) is 0 Å². The Kier molecular flexibility index (Phi) is 9.52. The Labute approximate surface area is 230 Å². The molecule has 0 spiro atoms. The fourth-order valence-electron chi connectivity index (χ4n) is 5.29. The summed E-state index contributed by atoms with van der Waals surface area (Å²) < 4.78 is 0. The van der Waals surface area contributed by atoms with E-state index in [1.54, 1.807) is 4.90 Å². The Morgan fingerprint density at radius 1 is 0.923 bits per heavy atom. The van der Waals surface area contributed by atoms with Crippen molar-refractivity contribution in [3.8, 4) is 0 Å². The monoisotopic (exact) mass is 526 g/mol. The summed E-state index contributed by atoms with van der Waals surface area (Å²) in [7, 11) is 1.83. The molecule has 0 saturated heterocycles. The minimum Gasteiger partial charge on any atom is -0.481 e. The summed E-state index contributed by atoms with van der Waals surface area (Å²) in [5.74, 6) is -1.51. The van der Waals surface area contributed by atoms with Crippen LogP contribution >= 0.6 is 0 Å². The molecule has 1 amide bonds. The molecule has 0 unspecified atom stereocenters. The zero-order valence-electron chi connectivity index (χ0n) is 22.9. The van der Waals surface area contributed by atoms with Crippen molar-refractivity contribution < 1.29 is 14.7 Å². The number of hydrazine groups is 1. The number of aliphatic carboxylic acids is 1. The maximum Gasteiger partial charge on any atom is 0.311 e. The van der Waals surface area contributed by atoms with E-state index in [0.29, 0.717) is 32.5 Å². The lowest BCUT2D eigenvalue weighted by Gasteiger charge is -2.33. The first-order valence-corrected chi connectivity index (χ1v) is 13.5. The second kappa shape index (κ2) is 13.2. The van der Waals surface area contributed by atoms with E-state index in [0.717, 1.165) is 33.3 Å². The van der Waals surface area contributed by atoms with E-state index >= 15 is 0 Å². The van der Waals surface area contributed by atoms with E-state index in [-0.39, 0.29) is 5.91 Å². The number of benzene rings is 3. The standard InChI is InChI=1S/C32H38N4O3/c1-4-36(33-20-19-27(32(38)39)30-23(2)34-28-18-12-11-17-26(28)30)29(21-24-13-7-5-8-14-24)31(37)35(3)22-25-15-9-6-10-16-25/h5-18,27,29,33-34H,4,19-22H2,1-3H3,(H,38,39)/t27-,29-/m0/s1. The number of likely N-dealkylation sites (N-methyl/N-ethyl adjacent to an activating group) is 2. The van der Waals surface area contributed by atoms with Crippen molar-refractivity contribution in [1.29, 1.82) is 0 Å². The number of hydrogen-bond donors (Lipinski definition) is 3. The lowest BCUT2D eigenvalue weighted by molar-refractivity contribution is -0.140. The number of H-pyrrole nitrogens is 1. The Balaban J connectivity index is 1.51. The van der Waals surface area contributed by atoms with Crippen molar-refractivity contribution in [3.63, 3.8) is 0 Å². The van der Waals surface area contributed by atoms with E-state index in [9.17, 15) is 14.7 Å². The number of nitrogens with one attached hydrogen (secondary N) is 2. The van der Waals surface area contributed by atoms with E-state index in [4.69, 9.17) is 0 Å². The molecule has 4 rings (SSSR count). The molecule has 39 heavy (non-hydrogen) atoms. The third kappa shape index (κ3) is 6.93. The maximum atomic E-state index is 13.8. The molecule has 3 aromatic carbocycles. The molecule has 0 aliphatic rings. The lowest BCUT2D eigenvalue weighted by atomic mass is 9.93. The van der Waals surface area contributed by atoms with Crippen LogP contribution in [-0.2, 0) is 22.6 Å². The van der Waals surface area contributed by atoms with Crippen LogP contribution in [0.15, 0.2) is 84.9 Å². The molecular formula is C32H38N4O3. The molecule has 0 saturated carbocycles. The molecule has 1 heterocycles. The quantitative estimate of drug-likeness (QED) is 0.210. The summed E-state index contributed by atoms with van der Waals surface area (Å²) in [6.07, 6.45) is 0.935. The highest BCUT2D eigenvalue weighted by molar-refractivity contribution is 5.90. The van der Waals surface area contributed by atoms with Crippen LogP contribution in [0.3, 0.4) is 0 Å². The number of rotatable bonds is 13. The molecular weight excluding hydrogens is 488 g/mol. The summed E-state index contributed by atoms with van der Waals surface area (Å²) in [4.78, 5) is 31.2. The van der Waals surface area contributed by atoms with Gasteiger partial charge in [-0.05, 0) is 42.5 Å². The van der Waals surface area contributed by atoms with Gasteiger partial charge in [0.05, 0.1) is 5.92 Å². The molecule has 2 atom stereocenters. The summed E-state index contributed by atoms with van der Waals surface area (Å²) in [6, 6.07) is 27.3. The number of aromatic nitrogens is 1. The Morgan fingerprint density at radius 2 is 1.54 bits per heavy atom. The number of carbonyl (C=O) groups is 2. The summed E-state index contributed by atoms with van der Waals surface area (Å²) in [6.45, 7) is 5.46. The van der Waals surface area contributed by atoms with Gasteiger partial charge in [0, 0.05) is 43.3 Å². The first-order valence-electron chi connectivity index (χ1n) is 13.5. The highest BCUT2D eigenvalue weighted by Gasteiger charge is 2.30. The van der Waals surface area contributed by atoms with E-state index in [2.05, 4.69) is 10.4 Å². The maximum absolute atomic E-state index is 13.8. The first kappa shape index (κ1) is 28.1. The zero-order chi connectivity index (χ0) is 27.8. The summed E-state index contributed by atoms with van der Waals surface area (Å²) in [5, 5.41) is 13.0. The van der Waals surface area contributed by atoms with Crippen molar-refractivity contribution in [3.05, 3.63) is 107 Å². The topological polar surface area (TPSA) is 88.7 Å². The number of hydrogen-bond acceptors (Lipinski definition) is 4. The minimum absolute atomic E-state index is 0.0133. The van der Waals surface area contributed by atoms with Gasteiger partial charge in [-0.1, -0.05) is 85.8 Å². The molecule has 3 N–H and O–H groups in total.